The molecular formula is C20H31ClFN3O2. The van der Waals surface area contributed by atoms with Crippen LogP contribution in [-0.2, 0) is 9.53 Å². The first kappa shape index (κ1) is 23.3. The quantitative estimate of drug-likeness (QED) is 0.492. The lowest BCUT2D eigenvalue weighted by atomic mass is 9.61. The van der Waals surface area contributed by atoms with Crippen LogP contribution in [0.3, 0.4) is 0 Å². The molecule has 152 valence electrons. The fourth-order valence-corrected chi connectivity index (χ4v) is 4.71. The third-order valence-corrected chi connectivity index (χ3v) is 5.73. The van der Waals surface area contributed by atoms with Gasteiger partial charge in [0.15, 0.2) is 5.82 Å². The number of aromatic nitrogens is 3. The summed E-state index contributed by atoms with van der Waals surface area (Å²) >= 11 is 5.92. The minimum atomic E-state index is -0.384. The van der Waals surface area contributed by atoms with Crippen molar-refractivity contribution in [2.45, 2.75) is 60.9 Å². The molecule has 0 aromatic carbocycles. The molecular weight excluding hydrogens is 369 g/mol. The third kappa shape index (κ3) is 3.82. The van der Waals surface area contributed by atoms with E-state index in [0.29, 0.717) is 23.6 Å². The van der Waals surface area contributed by atoms with Crippen molar-refractivity contribution in [3.05, 3.63) is 23.5 Å². The Balaban J connectivity index is 0.00000121. The monoisotopic (exact) mass is 399 g/mol. The Morgan fingerprint density at radius 1 is 1.26 bits per heavy atom. The molecule has 3 aliphatic carbocycles. The number of nitrogens with zero attached hydrogens (tertiary/aromatic N) is 3. The molecule has 3 fully saturated rings. The average Bonchev–Trinajstić information content (AvgIpc) is 2.91. The Bertz CT molecular complexity index is 787. The summed E-state index contributed by atoms with van der Waals surface area (Å²) in [6.45, 7) is 2.17. The summed E-state index contributed by atoms with van der Waals surface area (Å²) in [5.41, 5.74) is 0.458. The first-order chi connectivity index (χ1) is 11.6. The van der Waals surface area contributed by atoms with Gasteiger partial charge in [0.25, 0.3) is 0 Å². The molecule has 2 aromatic rings. The van der Waals surface area contributed by atoms with Gasteiger partial charge in [0.05, 0.1) is 24.0 Å². The molecule has 27 heavy (non-hydrogen) atoms. The smallest absolute Gasteiger partial charge is 0.311 e. The van der Waals surface area contributed by atoms with Gasteiger partial charge in [-0.15, -0.1) is 0 Å². The highest BCUT2D eigenvalue weighted by Crippen LogP contribution is 2.52. The first-order valence-electron chi connectivity index (χ1n) is 8.45. The first-order valence-corrected chi connectivity index (χ1v) is 8.83. The minimum Gasteiger partial charge on any atom is -0.466 e. The van der Waals surface area contributed by atoms with Crippen molar-refractivity contribution in [2.75, 3.05) is 6.61 Å². The van der Waals surface area contributed by atoms with Gasteiger partial charge in [0.2, 0.25) is 5.28 Å². The Kier molecular flexibility index (Phi) is 7.78. The second-order valence-electron chi connectivity index (χ2n) is 6.70. The van der Waals surface area contributed by atoms with Crippen molar-refractivity contribution >= 4 is 28.6 Å². The predicted molar refractivity (Wildman–Crippen MR) is 107 cm³/mol. The number of ether oxygens (including phenoxy) is 1. The van der Waals surface area contributed by atoms with Gasteiger partial charge in [-0.05, 0) is 56.0 Å². The zero-order chi connectivity index (χ0) is 16.8. The van der Waals surface area contributed by atoms with Gasteiger partial charge in [-0.1, -0.05) is 22.3 Å². The van der Waals surface area contributed by atoms with Crippen LogP contribution in [0.15, 0.2) is 12.4 Å². The van der Waals surface area contributed by atoms with E-state index in [9.17, 15) is 9.18 Å². The van der Waals surface area contributed by atoms with E-state index in [4.69, 9.17) is 16.3 Å². The van der Waals surface area contributed by atoms with Crippen molar-refractivity contribution in [1.82, 2.24) is 14.5 Å². The van der Waals surface area contributed by atoms with E-state index in [1.54, 1.807) is 4.57 Å². The minimum absolute atomic E-state index is 0. The highest BCUT2D eigenvalue weighted by Gasteiger charge is 2.49. The van der Waals surface area contributed by atoms with Crippen molar-refractivity contribution in [3.63, 3.8) is 0 Å². The zero-order valence-electron chi connectivity index (χ0n) is 13.4. The number of hydrogen-bond acceptors (Lipinski definition) is 4. The van der Waals surface area contributed by atoms with Crippen molar-refractivity contribution in [3.8, 4) is 0 Å². The molecule has 0 aliphatic heterocycles. The van der Waals surface area contributed by atoms with Gasteiger partial charge in [-0.3, -0.25) is 4.79 Å². The number of esters is 1. The molecule has 5 rings (SSSR count). The van der Waals surface area contributed by atoms with Crippen LogP contribution < -0.4 is 0 Å². The number of halogens is 2. The number of fused-ring (bicyclic) bond motifs is 4. The lowest BCUT2D eigenvalue weighted by Gasteiger charge is -2.47. The third-order valence-electron chi connectivity index (χ3n) is 5.55. The standard InChI is InChI=1S/C17H19ClFN3O2.3CH4/c1-2-24-16(23)13-9-3-5-10(6-4-9)14(13)22-8-12(19)11-7-20-17(18)21-15(11)22;;;/h7-10,13-14H,2-6H2,1H3;3*1H4/t9?,10?,13-,14-;;;/m0.../s1. The number of hydrogen-bond donors (Lipinski definition) is 0. The zero-order valence-corrected chi connectivity index (χ0v) is 14.2. The molecule has 0 unspecified atom stereocenters. The van der Waals surface area contributed by atoms with Gasteiger partial charge in [0.1, 0.15) is 5.65 Å². The van der Waals surface area contributed by atoms with E-state index in [1.165, 1.54) is 12.4 Å². The van der Waals surface area contributed by atoms with Crippen molar-refractivity contribution in [2.24, 2.45) is 17.8 Å². The summed E-state index contributed by atoms with van der Waals surface area (Å²) in [7, 11) is 0. The van der Waals surface area contributed by atoms with Crippen molar-refractivity contribution < 1.29 is 13.9 Å². The Labute approximate surface area is 166 Å². The number of rotatable bonds is 3. The number of carbonyl (C=O) groups excluding carboxylic acids is 1. The van der Waals surface area contributed by atoms with Gasteiger partial charge in [0, 0.05) is 12.4 Å². The normalized spacial score (nSPS) is 25.9. The van der Waals surface area contributed by atoms with Gasteiger partial charge >= 0.3 is 5.97 Å². The van der Waals surface area contributed by atoms with Crippen LogP contribution in [0.25, 0.3) is 11.0 Å². The van der Waals surface area contributed by atoms with Gasteiger partial charge in [-0.25, -0.2) is 9.37 Å². The molecule has 0 N–H and O–H groups in total. The maximum atomic E-state index is 14.4. The van der Waals surface area contributed by atoms with E-state index in [-0.39, 0.29) is 57.2 Å². The van der Waals surface area contributed by atoms with Crippen LogP contribution in [0.2, 0.25) is 5.28 Å². The topological polar surface area (TPSA) is 57.0 Å². The molecule has 7 heteroatoms. The average molecular weight is 400 g/mol. The van der Waals surface area contributed by atoms with Crippen LogP contribution in [0.1, 0.15) is 60.9 Å². The Hall–Kier alpha value is -1.69. The van der Waals surface area contributed by atoms with E-state index in [2.05, 4.69) is 9.97 Å². The molecule has 0 saturated heterocycles. The maximum absolute atomic E-state index is 14.4. The predicted octanol–water partition coefficient (Wildman–Crippen LogP) is 5.67. The van der Waals surface area contributed by atoms with Crippen LogP contribution in [-0.4, -0.2) is 27.1 Å². The second kappa shape index (κ2) is 9.00. The second-order valence-corrected chi connectivity index (χ2v) is 7.04. The Morgan fingerprint density at radius 2 is 1.89 bits per heavy atom. The molecule has 3 saturated carbocycles. The molecule has 5 nitrogen and oxygen atoms in total. The van der Waals surface area contributed by atoms with Gasteiger partial charge < -0.3 is 9.30 Å². The van der Waals surface area contributed by atoms with E-state index >= 15 is 0 Å². The van der Waals surface area contributed by atoms with E-state index < -0.39 is 0 Å². The summed E-state index contributed by atoms with van der Waals surface area (Å²) in [5.74, 6) is -0.198. The molecule has 0 spiro atoms. The molecule has 2 atom stereocenters. The van der Waals surface area contributed by atoms with E-state index in [0.717, 1.165) is 25.7 Å². The molecule has 0 amide bonds. The van der Waals surface area contributed by atoms with Crippen LogP contribution in [0.4, 0.5) is 4.39 Å². The molecule has 2 heterocycles. The SMILES string of the molecule is C.C.C.CCOC(=O)[C@H]1C2CCC(CC2)[C@@H]1n1cc(F)c2cnc(Cl)nc21. The van der Waals surface area contributed by atoms with Crippen LogP contribution >= 0.6 is 11.6 Å². The van der Waals surface area contributed by atoms with Crippen LogP contribution in [0.5, 0.6) is 0 Å². The fraction of sp³-hybridized carbons (Fsp3) is 0.650. The summed E-state index contributed by atoms with van der Waals surface area (Å²) < 4.78 is 21.5. The van der Waals surface area contributed by atoms with Gasteiger partial charge in [-0.2, -0.15) is 4.98 Å². The summed E-state index contributed by atoms with van der Waals surface area (Å²) in [5, 5.41) is 0.416. The van der Waals surface area contributed by atoms with E-state index in [1.807, 2.05) is 6.92 Å². The number of carbonyl (C=O) groups is 1. The lowest BCUT2D eigenvalue weighted by molar-refractivity contribution is -0.157. The summed E-state index contributed by atoms with van der Waals surface area (Å²) in [4.78, 5) is 20.7. The highest BCUT2D eigenvalue weighted by atomic mass is 35.5. The summed E-state index contributed by atoms with van der Waals surface area (Å²) in [6.07, 6.45) is 6.99. The maximum Gasteiger partial charge on any atom is 0.311 e. The molecule has 0 radical (unpaired) electrons. The summed E-state index contributed by atoms with van der Waals surface area (Å²) in [6, 6.07) is -0.130. The molecule has 2 aromatic heterocycles. The van der Waals surface area contributed by atoms with Crippen LogP contribution in [0, 0.1) is 23.6 Å². The van der Waals surface area contributed by atoms with Crippen molar-refractivity contribution in [1.29, 1.82) is 0 Å². The lowest BCUT2D eigenvalue weighted by Crippen LogP contribution is -2.45. The fourth-order valence-electron chi connectivity index (χ4n) is 4.59. The molecule has 2 bridgehead atoms. The highest BCUT2D eigenvalue weighted by molar-refractivity contribution is 6.28. The Morgan fingerprint density at radius 3 is 2.52 bits per heavy atom. The largest absolute Gasteiger partial charge is 0.466 e. The molecule has 3 aliphatic rings.